The van der Waals surface area contributed by atoms with E-state index in [0.717, 1.165) is 5.56 Å². The molecule has 2 aromatic carbocycles. The van der Waals surface area contributed by atoms with Gasteiger partial charge in [0.05, 0.1) is 5.39 Å². The monoisotopic (exact) mass is 485 g/mol. The number of fused-ring (bicyclic) bond motifs is 1. The summed E-state index contributed by atoms with van der Waals surface area (Å²) in [5.41, 5.74) is 1.77. The molecular weight excluding hydrogens is 462 g/mol. The molecule has 0 atom stereocenters. The van der Waals surface area contributed by atoms with Crippen LogP contribution in [-0.4, -0.2) is 31.1 Å². The Morgan fingerprint density at radius 2 is 1.75 bits per heavy atom. The largest absolute Gasteiger partial charge is 0.451 e. The Morgan fingerprint density at radius 1 is 1.03 bits per heavy atom. The molecule has 0 aliphatic carbocycles. The minimum absolute atomic E-state index is 0.0480. The average Bonchev–Trinajstić information content (AvgIpc) is 3.50. The van der Waals surface area contributed by atoms with E-state index in [2.05, 4.69) is 20.5 Å². The Hall–Kier alpha value is -4.60. The summed E-state index contributed by atoms with van der Waals surface area (Å²) < 4.78 is 17.9. The summed E-state index contributed by atoms with van der Waals surface area (Å²) in [7, 11) is 0. The van der Waals surface area contributed by atoms with E-state index >= 15 is 0 Å². The van der Waals surface area contributed by atoms with Gasteiger partial charge in [0.1, 0.15) is 17.0 Å². The summed E-state index contributed by atoms with van der Waals surface area (Å²) in [5.74, 6) is 0.280. The lowest BCUT2D eigenvalue weighted by Crippen LogP contribution is -2.28. The molecule has 0 saturated carbocycles. The van der Waals surface area contributed by atoms with E-state index in [0.29, 0.717) is 34.3 Å². The standard InChI is InChI=1S/C26H23N5O5/c1-15(2)13-31-25(32)19-12-8-7-11-18(19)23(29-31)26(33)34-14-20-27-28-24(35-20)21-16(3)36-30-22(21)17-9-5-4-6-10-17/h4-12,15H,13-14H2,1-3H3. The predicted molar refractivity (Wildman–Crippen MR) is 130 cm³/mol. The van der Waals surface area contributed by atoms with E-state index in [1.54, 1.807) is 31.2 Å². The predicted octanol–water partition coefficient (Wildman–Crippen LogP) is 4.42. The number of aryl methyl sites for hydroxylation is 1. The zero-order valence-electron chi connectivity index (χ0n) is 20.0. The lowest BCUT2D eigenvalue weighted by Gasteiger charge is -2.11. The highest BCUT2D eigenvalue weighted by molar-refractivity contribution is 6.02. The maximum absolute atomic E-state index is 13.0. The zero-order valence-corrected chi connectivity index (χ0v) is 20.0. The fraction of sp³-hybridized carbons (Fsp3) is 0.231. The van der Waals surface area contributed by atoms with Gasteiger partial charge in [-0.1, -0.05) is 67.5 Å². The van der Waals surface area contributed by atoms with Gasteiger partial charge in [-0.2, -0.15) is 5.10 Å². The van der Waals surface area contributed by atoms with Crippen LogP contribution >= 0.6 is 0 Å². The molecule has 0 radical (unpaired) electrons. The number of aromatic nitrogens is 5. The number of carbonyl (C=O) groups is 1. The van der Waals surface area contributed by atoms with Crippen LogP contribution in [0.25, 0.3) is 33.5 Å². The van der Waals surface area contributed by atoms with Crippen molar-refractivity contribution < 1.29 is 18.5 Å². The van der Waals surface area contributed by atoms with Crippen LogP contribution in [0.3, 0.4) is 0 Å². The van der Waals surface area contributed by atoms with Crippen molar-refractivity contribution in [3.63, 3.8) is 0 Å². The summed E-state index contributed by atoms with van der Waals surface area (Å²) in [6.07, 6.45) is 0. The molecule has 0 aliphatic heterocycles. The van der Waals surface area contributed by atoms with Crippen molar-refractivity contribution in [1.29, 1.82) is 0 Å². The molecule has 5 rings (SSSR count). The quantitative estimate of drug-likeness (QED) is 0.308. The first-order valence-electron chi connectivity index (χ1n) is 11.4. The molecule has 0 fully saturated rings. The molecule has 0 spiro atoms. The number of hydrogen-bond acceptors (Lipinski definition) is 9. The van der Waals surface area contributed by atoms with Gasteiger partial charge in [-0.05, 0) is 18.9 Å². The highest BCUT2D eigenvalue weighted by Gasteiger charge is 2.23. The van der Waals surface area contributed by atoms with Crippen LogP contribution in [0.15, 0.2) is 68.3 Å². The highest BCUT2D eigenvalue weighted by Crippen LogP contribution is 2.33. The smallest absolute Gasteiger partial charge is 0.359 e. The minimum Gasteiger partial charge on any atom is -0.451 e. The number of hydrogen-bond donors (Lipinski definition) is 0. The van der Waals surface area contributed by atoms with Gasteiger partial charge >= 0.3 is 5.97 Å². The second-order valence-corrected chi connectivity index (χ2v) is 8.68. The number of carbonyl (C=O) groups excluding carboxylic acids is 1. The van der Waals surface area contributed by atoms with Crippen LogP contribution in [0, 0.1) is 12.8 Å². The van der Waals surface area contributed by atoms with E-state index in [9.17, 15) is 9.59 Å². The first-order valence-corrected chi connectivity index (χ1v) is 11.4. The molecule has 182 valence electrons. The normalized spacial score (nSPS) is 11.3. The number of ether oxygens (including phenoxy) is 1. The molecule has 0 amide bonds. The van der Waals surface area contributed by atoms with E-state index in [-0.39, 0.29) is 35.6 Å². The van der Waals surface area contributed by atoms with Crippen molar-refractivity contribution in [1.82, 2.24) is 25.1 Å². The minimum atomic E-state index is -0.699. The van der Waals surface area contributed by atoms with Crippen LogP contribution in [0.2, 0.25) is 0 Å². The van der Waals surface area contributed by atoms with Gasteiger partial charge in [-0.3, -0.25) is 4.79 Å². The molecule has 0 saturated heterocycles. The van der Waals surface area contributed by atoms with Crippen LogP contribution in [0.4, 0.5) is 0 Å². The number of rotatable bonds is 7. The first-order chi connectivity index (χ1) is 17.4. The fourth-order valence-corrected chi connectivity index (χ4v) is 3.88. The van der Waals surface area contributed by atoms with Crippen molar-refractivity contribution >= 4 is 16.7 Å². The Morgan fingerprint density at radius 3 is 2.50 bits per heavy atom. The van der Waals surface area contributed by atoms with Crippen LogP contribution in [-0.2, 0) is 17.9 Å². The van der Waals surface area contributed by atoms with Gasteiger partial charge in [0, 0.05) is 17.5 Å². The van der Waals surface area contributed by atoms with Gasteiger partial charge in [-0.15, -0.1) is 10.2 Å². The van der Waals surface area contributed by atoms with Crippen LogP contribution < -0.4 is 5.56 Å². The lowest BCUT2D eigenvalue weighted by atomic mass is 10.1. The summed E-state index contributed by atoms with van der Waals surface area (Å²) in [6.45, 7) is 5.79. The van der Waals surface area contributed by atoms with E-state index in [1.165, 1.54) is 4.68 Å². The van der Waals surface area contributed by atoms with Crippen molar-refractivity contribution in [2.45, 2.75) is 33.9 Å². The molecule has 10 heteroatoms. The summed E-state index contributed by atoms with van der Waals surface area (Å²) in [5, 5.41) is 17.3. The second-order valence-electron chi connectivity index (χ2n) is 8.68. The van der Waals surface area contributed by atoms with Gasteiger partial charge in [0.2, 0.25) is 0 Å². The van der Waals surface area contributed by atoms with E-state index < -0.39 is 5.97 Å². The van der Waals surface area contributed by atoms with Crippen LogP contribution in [0.1, 0.15) is 36.0 Å². The van der Waals surface area contributed by atoms with Crippen LogP contribution in [0.5, 0.6) is 0 Å². The molecule has 5 aromatic rings. The maximum Gasteiger partial charge on any atom is 0.359 e. The molecule has 10 nitrogen and oxygen atoms in total. The SMILES string of the molecule is Cc1onc(-c2ccccc2)c1-c1nnc(COC(=O)c2nn(CC(C)C)c(=O)c3ccccc23)o1. The summed E-state index contributed by atoms with van der Waals surface area (Å²) in [6, 6.07) is 16.3. The summed E-state index contributed by atoms with van der Waals surface area (Å²) in [4.78, 5) is 25.8. The summed E-state index contributed by atoms with van der Waals surface area (Å²) >= 11 is 0. The van der Waals surface area contributed by atoms with Gasteiger partial charge in [0.15, 0.2) is 12.3 Å². The second kappa shape index (κ2) is 9.57. The Labute approximate surface area is 205 Å². The van der Waals surface area contributed by atoms with E-state index in [4.69, 9.17) is 13.7 Å². The zero-order chi connectivity index (χ0) is 25.2. The Balaban J connectivity index is 1.40. The lowest BCUT2D eigenvalue weighted by molar-refractivity contribution is 0.0431. The van der Waals surface area contributed by atoms with Crippen molar-refractivity contribution in [3.8, 4) is 22.7 Å². The van der Waals surface area contributed by atoms with Gasteiger partial charge in [-0.25, -0.2) is 9.48 Å². The molecule has 0 unspecified atom stereocenters. The van der Waals surface area contributed by atoms with Crippen molar-refractivity contribution in [2.24, 2.45) is 5.92 Å². The molecule has 3 heterocycles. The number of nitrogens with zero attached hydrogens (tertiary/aromatic N) is 5. The molecular formula is C26H23N5O5. The van der Waals surface area contributed by atoms with Crippen molar-refractivity contribution in [3.05, 3.63) is 82.3 Å². The first kappa shape index (κ1) is 23.2. The fourth-order valence-electron chi connectivity index (χ4n) is 3.88. The highest BCUT2D eigenvalue weighted by atomic mass is 16.5. The van der Waals surface area contributed by atoms with E-state index in [1.807, 2.05) is 44.2 Å². The number of benzene rings is 2. The molecule has 0 aliphatic rings. The molecule has 0 N–H and O–H groups in total. The molecule has 0 bridgehead atoms. The average molecular weight is 486 g/mol. The Bertz CT molecular complexity index is 1600. The number of esters is 1. The van der Waals surface area contributed by atoms with Gasteiger partial charge in [0.25, 0.3) is 17.3 Å². The molecule has 36 heavy (non-hydrogen) atoms. The maximum atomic E-state index is 13.0. The van der Waals surface area contributed by atoms with Gasteiger partial charge < -0.3 is 13.7 Å². The third-order valence-electron chi connectivity index (χ3n) is 5.52. The van der Waals surface area contributed by atoms with Crippen molar-refractivity contribution in [2.75, 3.05) is 0 Å². The Kier molecular flexibility index (Phi) is 6.16. The topological polar surface area (TPSA) is 126 Å². The molecule has 3 aromatic heterocycles. The third kappa shape index (κ3) is 4.40. The third-order valence-corrected chi connectivity index (χ3v) is 5.52.